The lowest BCUT2D eigenvalue weighted by Gasteiger charge is -2.12. The van der Waals surface area contributed by atoms with Gasteiger partial charge in [-0.3, -0.25) is 10.1 Å². The molecule has 0 aromatic heterocycles. The normalized spacial score (nSPS) is 13.0. The molecule has 0 saturated heterocycles. The van der Waals surface area contributed by atoms with Gasteiger partial charge in [0.2, 0.25) is 5.91 Å². The van der Waals surface area contributed by atoms with Crippen LogP contribution in [-0.2, 0) is 20.7 Å². The summed E-state index contributed by atoms with van der Waals surface area (Å²) in [7, 11) is 0. The van der Waals surface area contributed by atoms with Crippen molar-refractivity contribution in [1.82, 2.24) is 10.3 Å². The van der Waals surface area contributed by atoms with Gasteiger partial charge < -0.3 is 14.8 Å². The number of alkyl halides is 1. The molecule has 194 valence electrons. The number of benzene rings is 2. The first-order valence-corrected chi connectivity index (χ1v) is 13.9. The number of nitrogens with zero attached hydrogens (tertiary/aromatic N) is 2. The Balaban J connectivity index is 1.42. The highest BCUT2D eigenvalue weighted by Crippen LogP contribution is 2.25. The molecule has 1 heterocycles. The van der Waals surface area contributed by atoms with Gasteiger partial charge in [-0.05, 0) is 48.9 Å². The van der Waals surface area contributed by atoms with Crippen molar-refractivity contribution in [3.8, 4) is 0 Å². The lowest BCUT2D eigenvalue weighted by molar-refractivity contribution is -0.130. The second kappa shape index (κ2) is 15.4. The summed E-state index contributed by atoms with van der Waals surface area (Å²) in [5, 5.41) is 13.0. The third-order valence-corrected chi connectivity index (χ3v) is 6.24. The van der Waals surface area contributed by atoms with Gasteiger partial charge in [0.1, 0.15) is 0 Å². The number of anilines is 1. The molecule has 1 aliphatic rings. The molecule has 1 aliphatic heterocycles. The Morgan fingerprint density at radius 3 is 2.78 bits per heavy atom. The van der Waals surface area contributed by atoms with E-state index in [1.165, 1.54) is 5.01 Å². The van der Waals surface area contributed by atoms with Crippen LogP contribution in [0, 0.1) is 0 Å². The minimum Gasteiger partial charge on any atom is -0.449 e. The van der Waals surface area contributed by atoms with Gasteiger partial charge in [0.05, 0.1) is 38.5 Å². The molecule has 2 aromatic rings. The third kappa shape index (κ3) is 9.51. The number of hydrogen-bond acceptors (Lipinski definition) is 6. The van der Waals surface area contributed by atoms with Crippen LogP contribution in [0.4, 0.5) is 10.5 Å². The van der Waals surface area contributed by atoms with Crippen molar-refractivity contribution in [1.29, 1.82) is 0 Å². The van der Waals surface area contributed by atoms with E-state index in [9.17, 15) is 9.59 Å². The number of carbonyl (C=O) groups is 2. The molecule has 2 aromatic carbocycles. The maximum atomic E-state index is 12.8. The van der Waals surface area contributed by atoms with Crippen molar-refractivity contribution in [2.24, 2.45) is 5.10 Å². The number of amides is 2. The van der Waals surface area contributed by atoms with Gasteiger partial charge in [-0.25, -0.2) is 9.80 Å². The summed E-state index contributed by atoms with van der Waals surface area (Å²) in [6.07, 6.45) is 0.919. The highest BCUT2D eigenvalue weighted by molar-refractivity contribution is 14.1. The third-order valence-electron chi connectivity index (χ3n) is 5.23. The first-order chi connectivity index (χ1) is 17.5. The van der Waals surface area contributed by atoms with Crippen LogP contribution in [0.25, 0.3) is 0 Å². The molecule has 0 spiro atoms. The SMILES string of the molecule is O=C(Nc1cccc(CC(=O)N2CCC(c3cc(Cl)ccc3Cl)=N2)c1)OCCCNCCOCCI. The summed E-state index contributed by atoms with van der Waals surface area (Å²) in [5.74, 6) is -0.143. The van der Waals surface area contributed by atoms with Crippen LogP contribution in [0.1, 0.15) is 24.0 Å². The van der Waals surface area contributed by atoms with E-state index in [2.05, 4.69) is 38.3 Å². The van der Waals surface area contributed by atoms with E-state index >= 15 is 0 Å². The van der Waals surface area contributed by atoms with Crippen LogP contribution in [0.5, 0.6) is 0 Å². The quantitative estimate of drug-likeness (QED) is 0.178. The van der Waals surface area contributed by atoms with E-state index in [-0.39, 0.29) is 12.3 Å². The van der Waals surface area contributed by atoms with Crippen molar-refractivity contribution >= 4 is 69.2 Å². The molecule has 2 amide bonds. The minimum absolute atomic E-state index is 0.143. The number of hydrazone groups is 1. The smallest absolute Gasteiger partial charge is 0.411 e. The number of ether oxygens (including phenoxy) is 2. The Morgan fingerprint density at radius 2 is 1.94 bits per heavy atom. The van der Waals surface area contributed by atoms with E-state index in [1.54, 1.807) is 36.4 Å². The lowest BCUT2D eigenvalue weighted by atomic mass is 10.1. The van der Waals surface area contributed by atoms with Crippen LogP contribution in [-0.4, -0.2) is 66.6 Å². The average molecular weight is 647 g/mol. The molecule has 36 heavy (non-hydrogen) atoms. The zero-order valence-electron chi connectivity index (χ0n) is 19.8. The zero-order chi connectivity index (χ0) is 25.8. The highest BCUT2D eigenvalue weighted by Gasteiger charge is 2.23. The molecule has 0 saturated carbocycles. The van der Waals surface area contributed by atoms with Gasteiger partial charge in [-0.1, -0.05) is 57.9 Å². The number of nitrogens with one attached hydrogen (secondary N) is 2. The molecule has 2 N–H and O–H groups in total. The molecule has 0 aliphatic carbocycles. The summed E-state index contributed by atoms with van der Waals surface area (Å²) in [6, 6.07) is 12.3. The molecular weight excluding hydrogens is 618 g/mol. The Kier molecular flexibility index (Phi) is 12.2. The highest BCUT2D eigenvalue weighted by atomic mass is 127. The van der Waals surface area contributed by atoms with Crippen molar-refractivity contribution < 1.29 is 19.1 Å². The first kappa shape index (κ1) is 28.6. The van der Waals surface area contributed by atoms with Gasteiger partial charge in [0, 0.05) is 38.7 Å². The predicted molar refractivity (Wildman–Crippen MR) is 152 cm³/mol. The Labute approximate surface area is 234 Å². The van der Waals surface area contributed by atoms with Crippen molar-refractivity contribution in [2.75, 3.05) is 49.2 Å². The molecule has 3 rings (SSSR count). The Hall–Kier alpha value is -1.92. The maximum absolute atomic E-state index is 12.8. The van der Waals surface area contributed by atoms with Gasteiger partial charge in [-0.15, -0.1) is 0 Å². The number of hydrogen-bond donors (Lipinski definition) is 2. The second-order valence-electron chi connectivity index (χ2n) is 7.98. The van der Waals surface area contributed by atoms with Gasteiger partial charge >= 0.3 is 6.09 Å². The molecule has 0 unspecified atom stereocenters. The van der Waals surface area contributed by atoms with E-state index in [1.807, 2.05) is 6.07 Å². The molecule has 0 atom stereocenters. The largest absolute Gasteiger partial charge is 0.449 e. The fraction of sp³-hybridized carbons (Fsp3) is 0.400. The first-order valence-electron chi connectivity index (χ1n) is 11.7. The van der Waals surface area contributed by atoms with Crippen LogP contribution in [0.3, 0.4) is 0 Å². The van der Waals surface area contributed by atoms with Crippen LogP contribution in [0.2, 0.25) is 10.0 Å². The second-order valence-corrected chi connectivity index (χ2v) is 9.90. The van der Waals surface area contributed by atoms with E-state index in [4.69, 9.17) is 32.7 Å². The Morgan fingerprint density at radius 1 is 1.08 bits per heavy atom. The fourth-order valence-corrected chi connectivity index (χ4v) is 4.22. The summed E-state index contributed by atoms with van der Waals surface area (Å²) in [4.78, 5) is 24.9. The van der Waals surface area contributed by atoms with Crippen molar-refractivity contribution in [3.63, 3.8) is 0 Å². The predicted octanol–water partition coefficient (Wildman–Crippen LogP) is 5.15. The van der Waals surface area contributed by atoms with Gasteiger partial charge in [-0.2, -0.15) is 5.10 Å². The standard InChI is InChI=1S/C25H29Cl2IN4O4/c26-19-5-6-22(27)21(17-19)23-7-11-32(31-23)24(33)16-18-3-1-4-20(15-18)30-25(34)36-12-2-9-29-10-14-35-13-8-28/h1,3-6,15,17,29H,2,7-14,16H2,(H,30,34). The van der Waals surface area contributed by atoms with E-state index < -0.39 is 6.09 Å². The van der Waals surface area contributed by atoms with Crippen LogP contribution < -0.4 is 10.6 Å². The molecule has 0 bridgehead atoms. The summed E-state index contributed by atoms with van der Waals surface area (Å²) < 4.78 is 11.6. The van der Waals surface area contributed by atoms with E-state index in [0.717, 1.165) is 41.0 Å². The van der Waals surface area contributed by atoms with Gasteiger partial charge in [0.25, 0.3) is 0 Å². The Bertz CT molecular complexity index is 1070. The van der Waals surface area contributed by atoms with E-state index in [0.29, 0.717) is 48.3 Å². The maximum Gasteiger partial charge on any atom is 0.411 e. The van der Waals surface area contributed by atoms with Gasteiger partial charge in [0.15, 0.2) is 0 Å². The van der Waals surface area contributed by atoms with Crippen LogP contribution >= 0.6 is 45.8 Å². The topological polar surface area (TPSA) is 92.3 Å². The lowest BCUT2D eigenvalue weighted by Crippen LogP contribution is -2.25. The number of halogens is 3. The zero-order valence-corrected chi connectivity index (χ0v) is 23.4. The summed E-state index contributed by atoms with van der Waals surface area (Å²) in [6.45, 7) is 3.71. The number of rotatable bonds is 13. The average Bonchev–Trinajstić information content (AvgIpc) is 3.35. The summed E-state index contributed by atoms with van der Waals surface area (Å²) in [5.41, 5.74) is 2.79. The molecule has 0 fully saturated rings. The molecule has 8 nitrogen and oxygen atoms in total. The monoisotopic (exact) mass is 646 g/mol. The summed E-state index contributed by atoms with van der Waals surface area (Å²) >= 11 is 14.6. The molecule has 0 radical (unpaired) electrons. The number of carbonyl (C=O) groups excluding carboxylic acids is 2. The fourth-order valence-electron chi connectivity index (χ4n) is 3.51. The van der Waals surface area contributed by atoms with Crippen molar-refractivity contribution in [2.45, 2.75) is 19.3 Å². The van der Waals surface area contributed by atoms with Crippen molar-refractivity contribution in [3.05, 3.63) is 63.6 Å². The minimum atomic E-state index is -0.531. The molecular formula is C25H29Cl2IN4O4. The molecule has 11 heteroatoms. The van der Waals surface area contributed by atoms with Crippen LogP contribution in [0.15, 0.2) is 47.6 Å².